The standard InChI is InChI=1S/C13H26N2/c1-11-8-13(10-15(2)9-11)14-12-6-4-3-5-7-12/h11-14H,3-10H2,1-2H3. The van der Waals surface area contributed by atoms with Gasteiger partial charge in [-0.25, -0.2) is 0 Å². The van der Waals surface area contributed by atoms with E-state index >= 15 is 0 Å². The lowest BCUT2D eigenvalue weighted by Crippen LogP contribution is -2.50. The van der Waals surface area contributed by atoms with Crippen molar-refractivity contribution in [2.75, 3.05) is 20.1 Å². The van der Waals surface area contributed by atoms with Gasteiger partial charge < -0.3 is 10.2 Å². The van der Waals surface area contributed by atoms with Gasteiger partial charge in [-0.2, -0.15) is 0 Å². The molecule has 0 amide bonds. The van der Waals surface area contributed by atoms with Gasteiger partial charge in [0.1, 0.15) is 0 Å². The lowest BCUT2D eigenvalue weighted by atomic mass is 9.91. The van der Waals surface area contributed by atoms with E-state index in [9.17, 15) is 0 Å². The van der Waals surface area contributed by atoms with Gasteiger partial charge in [0, 0.05) is 25.2 Å². The number of hydrogen-bond acceptors (Lipinski definition) is 2. The summed E-state index contributed by atoms with van der Waals surface area (Å²) in [6, 6.07) is 1.57. The van der Waals surface area contributed by atoms with Gasteiger partial charge in [0.15, 0.2) is 0 Å². The molecule has 1 saturated heterocycles. The fraction of sp³-hybridized carbons (Fsp3) is 1.00. The molecule has 2 aliphatic rings. The van der Waals surface area contributed by atoms with E-state index in [1.54, 1.807) is 0 Å². The van der Waals surface area contributed by atoms with Gasteiger partial charge in [-0.3, -0.25) is 0 Å². The summed E-state index contributed by atoms with van der Waals surface area (Å²) in [5.41, 5.74) is 0. The van der Waals surface area contributed by atoms with Crippen molar-refractivity contribution in [2.24, 2.45) is 5.92 Å². The maximum absolute atomic E-state index is 3.88. The maximum atomic E-state index is 3.88. The smallest absolute Gasteiger partial charge is 0.0200 e. The molecular weight excluding hydrogens is 184 g/mol. The number of likely N-dealkylation sites (N-methyl/N-ethyl adjacent to an activating group) is 1. The van der Waals surface area contributed by atoms with Crippen LogP contribution in [0.25, 0.3) is 0 Å². The quantitative estimate of drug-likeness (QED) is 0.752. The Morgan fingerprint density at radius 1 is 1.00 bits per heavy atom. The zero-order valence-corrected chi connectivity index (χ0v) is 10.3. The minimum absolute atomic E-state index is 0.752. The second-order valence-electron chi connectivity index (χ2n) is 5.76. The number of nitrogens with zero attached hydrogens (tertiary/aromatic N) is 1. The molecule has 0 aromatic carbocycles. The molecule has 1 aliphatic heterocycles. The molecule has 2 atom stereocenters. The molecule has 0 radical (unpaired) electrons. The first kappa shape index (κ1) is 11.4. The molecule has 1 aliphatic carbocycles. The summed E-state index contributed by atoms with van der Waals surface area (Å²) < 4.78 is 0. The van der Waals surface area contributed by atoms with Gasteiger partial charge in [-0.15, -0.1) is 0 Å². The molecule has 0 aromatic heterocycles. The van der Waals surface area contributed by atoms with Gasteiger partial charge in [-0.05, 0) is 32.2 Å². The van der Waals surface area contributed by atoms with Crippen molar-refractivity contribution >= 4 is 0 Å². The third-order valence-corrected chi connectivity index (χ3v) is 3.92. The highest BCUT2D eigenvalue weighted by atomic mass is 15.1. The molecule has 2 fully saturated rings. The highest BCUT2D eigenvalue weighted by Crippen LogP contribution is 2.21. The van der Waals surface area contributed by atoms with Crippen molar-refractivity contribution in [2.45, 2.75) is 57.5 Å². The number of nitrogens with one attached hydrogen (secondary N) is 1. The Labute approximate surface area is 94.4 Å². The van der Waals surface area contributed by atoms with Gasteiger partial charge >= 0.3 is 0 Å². The average molecular weight is 210 g/mol. The van der Waals surface area contributed by atoms with Crippen molar-refractivity contribution in [1.29, 1.82) is 0 Å². The summed E-state index contributed by atoms with van der Waals surface area (Å²) in [5.74, 6) is 0.866. The zero-order chi connectivity index (χ0) is 10.7. The summed E-state index contributed by atoms with van der Waals surface area (Å²) in [4.78, 5) is 2.48. The molecule has 2 unspecified atom stereocenters. The van der Waals surface area contributed by atoms with Crippen LogP contribution in [0, 0.1) is 5.92 Å². The summed E-state index contributed by atoms with van der Waals surface area (Å²) in [5, 5.41) is 3.88. The second-order valence-corrected chi connectivity index (χ2v) is 5.76. The van der Waals surface area contributed by atoms with E-state index in [-0.39, 0.29) is 0 Å². The molecule has 0 spiro atoms. The third-order valence-electron chi connectivity index (χ3n) is 3.92. The Hall–Kier alpha value is -0.0800. The Bertz CT molecular complexity index is 177. The molecule has 1 heterocycles. The molecule has 2 rings (SSSR count). The molecule has 1 N–H and O–H groups in total. The summed E-state index contributed by atoms with van der Waals surface area (Å²) in [6.07, 6.45) is 8.54. The van der Waals surface area contributed by atoms with Crippen LogP contribution < -0.4 is 5.32 Å². The fourth-order valence-electron chi connectivity index (χ4n) is 3.34. The Kier molecular flexibility index (Phi) is 4.04. The van der Waals surface area contributed by atoms with Gasteiger partial charge in [0.05, 0.1) is 0 Å². The van der Waals surface area contributed by atoms with Crippen LogP contribution in [0.3, 0.4) is 0 Å². The van der Waals surface area contributed by atoms with E-state index in [1.165, 1.54) is 51.6 Å². The van der Waals surface area contributed by atoms with Gasteiger partial charge in [0.2, 0.25) is 0 Å². The number of piperidine rings is 1. The number of hydrogen-bond donors (Lipinski definition) is 1. The number of likely N-dealkylation sites (tertiary alicyclic amines) is 1. The van der Waals surface area contributed by atoms with Crippen LogP contribution in [-0.2, 0) is 0 Å². The van der Waals surface area contributed by atoms with E-state index in [4.69, 9.17) is 0 Å². The molecule has 2 nitrogen and oxygen atoms in total. The molecule has 2 heteroatoms. The van der Waals surface area contributed by atoms with Crippen LogP contribution in [-0.4, -0.2) is 37.1 Å². The monoisotopic (exact) mass is 210 g/mol. The Balaban J connectivity index is 1.77. The molecule has 88 valence electrons. The number of rotatable bonds is 2. The predicted molar refractivity (Wildman–Crippen MR) is 65.1 cm³/mol. The van der Waals surface area contributed by atoms with E-state index in [2.05, 4.69) is 24.2 Å². The predicted octanol–water partition coefficient (Wildman–Crippen LogP) is 2.25. The fourth-order valence-corrected chi connectivity index (χ4v) is 3.34. The van der Waals surface area contributed by atoms with Crippen LogP contribution in [0.15, 0.2) is 0 Å². The molecule has 0 aromatic rings. The third kappa shape index (κ3) is 3.46. The van der Waals surface area contributed by atoms with Crippen LogP contribution in [0.1, 0.15) is 45.4 Å². The summed E-state index contributed by atoms with van der Waals surface area (Å²) in [7, 11) is 2.26. The second kappa shape index (κ2) is 5.31. The van der Waals surface area contributed by atoms with E-state index in [1.807, 2.05) is 0 Å². The average Bonchev–Trinajstić information content (AvgIpc) is 2.17. The maximum Gasteiger partial charge on any atom is 0.0200 e. The zero-order valence-electron chi connectivity index (χ0n) is 10.3. The molecular formula is C13H26N2. The van der Waals surface area contributed by atoms with E-state index < -0.39 is 0 Å². The van der Waals surface area contributed by atoms with Gasteiger partial charge in [-0.1, -0.05) is 26.2 Å². The van der Waals surface area contributed by atoms with Crippen LogP contribution in [0.4, 0.5) is 0 Å². The van der Waals surface area contributed by atoms with E-state index in [0.717, 1.165) is 18.0 Å². The largest absolute Gasteiger partial charge is 0.310 e. The lowest BCUT2D eigenvalue weighted by molar-refractivity contribution is 0.164. The topological polar surface area (TPSA) is 15.3 Å². The molecule has 1 saturated carbocycles. The minimum atomic E-state index is 0.752. The SMILES string of the molecule is CC1CC(NC2CCCCC2)CN(C)C1. The Morgan fingerprint density at radius 2 is 1.73 bits per heavy atom. The van der Waals surface area contributed by atoms with E-state index in [0.29, 0.717) is 0 Å². The van der Waals surface area contributed by atoms with Crippen molar-refractivity contribution in [3.8, 4) is 0 Å². The highest BCUT2D eigenvalue weighted by Gasteiger charge is 2.24. The van der Waals surface area contributed by atoms with Crippen molar-refractivity contribution in [3.05, 3.63) is 0 Å². The molecule has 15 heavy (non-hydrogen) atoms. The van der Waals surface area contributed by atoms with Crippen molar-refractivity contribution < 1.29 is 0 Å². The van der Waals surface area contributed by atoms with Crippen LogP contribution in [0.2, 0.25) is 0 Å². The lowest BCUT2D eigenvalue weighted by Gasteiger charge is -2.37. The summed E-state index contributed by atoms with van der Waals surface area (Å²) in [6.45, 7) is 4.91. The molecule has 0 bridgehead atoms. The first-order valence-corrected chi connectivity index (χ1v) is 6.68. The first-order valence-electron chi connectivity index (χ1n) is 6.68. The summed E-state index contributed by atoms with van der Waals surface area (Å²) >= 11 is 0. The van der Waals surface area contributed by atoms with Crippen LogP contribution >= 0.6 is 0 Å². The minimum Gasteiger partial charge on any atom is -0.310 e. The van der Waals surface area contributed by atoms with Crippen molar-refractivity contribution in [1.82, 2.24) is 10.2 Å². The van der Waals surface area contributed by atoms with Crippen LogP contribution in [0.5, 0.6) is 0 Å². The highest BCUT2D eigenvalue weighted by molar-refractivity contribution is 4.84. The first-order chi connectivity index (χ1) is 7.24. The Morgan fingerprint density at radius 3 is 2.40 bits per heavy atom. The van der Waals surface area contributed by atoms with Gasteiger partial charge in [0.25, 0.3) is 0 Å². The normalized spacial score (nSPS) is 35.6. The van der Waals surface area contributed by atoms with Crippen molar-refractivity contribution in [3.63, 3.8) is 0 Å².